The molecule has 410 valence electrons. The zero-order valence-corrected chi connectivity index (χ0v) is 47.6. The first-order valence-electron chi connectivity index (χ1n) is 29.9. The van der Waals surface area contributed by atoms with E-state index in [1.165, 1.54) is 43.6 Å². The molecule has 0 radical (unpaired) electrons. The minimum atomic E-state index is 0.517. The number of aromatic nitrogens is 7. The maximum Gasteiger partial charge on any atom is 0.240 e. The summed E-state index contributed by atoms with van der Waals surface area (Å²) in [4.78, 5) is 17.0. The highest BCUT2D eigenvalue weighted by molar-refractivity contribution is 6.15. The number of hydrogen-bond donors (Lipinski definition) is 0. The van der Waals surface area contributed by atoms with Crippen molar-refractivity contribution >= 4 is 87.2 Å². The summed E-state index contributed by atoms with van der Waals surface area (Å²) in [5, 5.41) is 9.28. The lowest BCUT2D eigenvalue weighted by atomic mass is 9.94. The van der Waals surface area contributed by atoms with Crippen molar-refractivity contribution < 1.29 is 0 Å². The number of rotatable bonds is 9. The van der Waals surface area contributed by atoms with Crippen molar-refractivity contribution in [3.8, 4) is 79.2 Å². The fraction of sp³-hybridized carbons (Fsp3) is 0. The summed E-state index contributed by atoms with van der Waals surface area (Å²) in [5.41, 5.74) is 20.7. The number of nitrogens with zero attached hydrogens (tertiary/aromatic N) is 7. The first-order chi connectivity index (χ1) is 43.6. The van der Waals surface area contributed by atoms with Gasteiger partial charge in [-0.15, -0.1) is 0 Å². The summed E-state index contributed by atoms with van der Waals surface area (Å²) >= 11 is 0. The van der Waals surface area contributed by atoms with Gasteiger partial charge in [-0.05, 0) is 148 Å². The van der Waals surface area contributed by atoms with Crippen LogP contribution >= 0.6 is 0 Å². The largest absolute Gasteiger partial charge is 0.309 e. The minimum absolute atomic E-state index is 0.517. The van der Waals surface area contributed by atoms with E-state index in [2.05, 4.69) is 328 Å². The zero-order valence-electron chi connectivity index (χ0n) is 47.6. The highest BCUT2D eigenvalue weighted by atomic mass is 15.3. The van der Waals surface area contributed by atoms with Crippen LogP contribution in [0.5, 0.6) is 0 Å². The summed E-state index contributed by atoms with van der Waals surface area (Å²) in [6, 6.07) is 111. The molecule has 0 amide bonds. The molecule has 5 aromatic heterocycles. The molecule has 18 aromatic rings. The Morgan fingerprint density at radius 2 is 0.477 bits per heavy atom. The Morgan fingerprint density at radius 3 is 0.875 bits per heavy atom. The van der Waals surface area contributed by atoms with Crippen molar-refractivity contribution in [2.75, 3.05) is 0 Å². The van der Waals surface area contributed by atoms with E-state index in [1.54, 1.807) is 0 Å². The monoisotopic (exact) mass is 1120 g/mol. The van der Waals surface area contributed by atoms with Crippen LogP contribution in [0.1, 0.15) is 0 Å². The Kier molecular flexibility index (Phi) is 11.2. The van der Waals surface area contributed by atoms with Crippen LogP contribution in [-0.4, -0.2) is 33.2 Å². The molecule has 7 heteroatoms. The summed E-state index contributed by atoms with van der Waals surface area (Å²) in [7, 11) is 0. The van der Waals surface area contributed by atoms with E-state index in [0.717, 1.165) is 105 Å². The third-order valence-electron chi connectivity index (χ3n) is 17.8. The second kappa shape index (κ2) is 19.8. The van der Waals surface area contributed by atoms with Crippen molar-refractivity contribution in [3.63, 3.8) is 0 Å². The summed E-state index contributed by atoms with van der Waals surface area (Å²) in [6.45, 7) is 0. The quantitative estimate of drug-likeness (QED) is 0.145. The molecule has 7 nitrogen and oxygen atoms in total. The number of para-hydroxylation sites is 6. The lowest BCUT2D eigenvalue weighted by Gasteiger charge is -2.16. The summed E-state index contributed by atoms with van der Waals surface area (Å²) in [6.07, 6.45) is 0. The van der Waals surface area contributed by atoms with Crippen LogP contribution in [0.3, 0.4) is 0 Å². The Morgan fingerprint density at radius 1 is 0.182 bits per heavy atom. The van der Waals surface area contributed by atoms with Gasteiger partial charge in [-0.25, -0.2) is 0 Å². The predicted molar refractivity (Wildman–Crippen MR) is 364 cm³/mol. The molecule has 0 atom stereocenters. The van der Waals surface area contributed by atoms with Crippen molar-refractivity contribution in [3.05, 3.63) is 309 Å². The molecule has 18 rings (SSSR count). The third-order valence-corrected chi connectivity index (χ3v) is 17.8. The Bertz CT molecular complexity index is 5500. The molecule has 0 saturated heterocycles. The Balaban J connectivity index is 0.849. The number of hydrogen-bond acceptors (Lipinski definition) is 3. The molecule has 88 heavy (non-hydrogen) atoms. The van der Waals surface area contributed by atoms with Crippen molar-refractivity contribution in [2.24, 2.45) is 0 Å². The molecule has 0 unspecified atom stereocenters. The van der Waals surface area contributed by atoms with Gasteiger partial charge in [-0.3, -0.25) is 9.13 Å². The summed E-state index contributed by atoms with van der Waals surface area (Å²) < 4.78 is 9.21. The van der Waals surface area contributed by atoms with Gasteiger partial charge in [-0.2, -0.15) is 15.0 Å². The van der Waals surface area contributed by atoms with E-state index in [1.807, 2.05) is 0 Å². The topological polar surface area (TPSA) is 58.4 Å². The van der Waals surface area contributed by atoms with E-state index in [9.17, 15) is 0 Å². The van der Waals surface area contributed by atoms with Gasteiger partial charge in [0.2, 0.25) is 11.9 Å². The molecule has 0 aliphatic rings. The van der Waals surface area contributed by atoms with Crippen LogP contribution in [0.2, 0.25) is 0 Å². The van der Waals surface area contributed by atoms with Gasteiger partial charge in [0.15, 0.2) is 5.82 Å². The smallest absolute Gasteiger partial charge is 0.240 e. The van der Waals surface area contributed by atoms with Crippen molar-refractivity contribution in [1.29, 1.82) is 0 Å². The SMILES string of the molecule is c1ccc(-c2ccc(-c3ccccc3)c(-c3nc(-n4c5ccccc5c5cc(-c6ccc7c(c6)c6ccccc6n7-c6ccccc6)ccc54)nc(-n4c5ccccc5c5cc(-c6ccc7c(c6)c6ccccc6n7-c6ccccc6)ccc54)n3)c2)cc1. The van der Waals surface area contributed by atoms with Gasteiger partial charge >= 0.3 is 0 Å². The normalized spacial score (nSPS) is 11.9. The molecule has 0 saturated carbocycles. The van der Waals surface area contributed by atoms with E-state index in [0.29, 0.717) is 17.7 Å². The van der Waals surface area contributed by atoms with E-state index < -0.39 is 0 Å². The highest BCUT2D eigenvalue weighted by Gasteiger charge is 2.24. The average molecular weight is 1120 g/mol. The molecular weight excluding hydrogens is 1070 g/mol. The maximum atomic E-state index is 5.67. The first-order valence-corrected chi connectivity index (χ1v) is 29.9. The van der Waals surface area contributed by atoms with Crippen LogP contribution < -0.4 is 0 Å². The van der Waals surface area contributed by atoms with Crippen LogP contribution in [0.4, 0.5) is 0 Å². The third kappa shape index (κ3) is 7.81. The van der Waals surface area contributed by atoms with Crippen LogP contribution in [0.15, 0.2) is 309 Å². The fourth-order valence-corrected chi connectivity index (χ4v) is 13.8. The molecule has 5 heterocycles. The molecule has 0 aliphatic carbocycles. The minimum Gasteiger partial charge on any atom is -0.309 e. The maximum absolute atomic E-state index is 5.67. The zero-order chi connectivity index (χ0) is 57.8. The van der Waals surface area contributed by atoms with Gasteiger partial charge in [0, 0.05) is 60.0 Å². The van der Waals surface area contributed by atoms with Crippen LogP contribution in [0, 0.1) is 0 Å². The van der Waals surface area contributed by atoms with Crippen LogP contribution in [-0.2, 0) is 0 Å². The lowest BCUT2D eigenvalue weighted by molar-refractivity contribution is 0.893. The predicted octanol–water partition coefficient (Wildman–Crippen LogP) is 20.6. The van der Waals surface area contributed by atoms with Gasteiger partial charge in [0.1, 0.15) is 0 Å². The summed E-state index contributed by atoms with van der Waals surface area (Å²) in [5.74, 6) is 1.60. The molecule has 13 aromatic carbocycles. The second-order valence-electron chi connectivity index (χ2n) is 22.8. The standard InChI is InChI=1S/C81H51N7/c1-5-21-52(22-6-1)54-37-42-61(53-23-7-2-8-24-53)70(51-54)79-82-80(87-73-35-19-15-31-64(73)68-49-57(40-45-77(68)87)55-38-43-75-66(47-55)62-29-13-17-33-71(62)85(75)59-25-9-3-10-26-59)84-81(83-79)88-74-36-20-16-32-65(74)69-50-58(41-46-78(69)88)56-39-44-76-67(48-56)63-30-14-18-34-72(63)86(76)60-27-11-4-12-28-60/h1-51H. The average Bonchev–Trinajstić information content (AvgIpc) is 4.32. The fourth-order valence-electron chi connectivity index (χ4n) is 13.8. The Labute approximate surface area is 506 Å². The molecular formula is C81H51N7. The van der Waals surface area contributed by atoms with Crippen molar-refractivity contribution in [2.45, 2.75) is 0 Å². The first kappa shape index (κ1) is 49.5. The molecule has 0 fully saturated rings. The van der Waals surface area contributed by atoms with E-state index in [-0.39, 0.29) is 0 Å². The van der Waals surface area contributed by atoms with Crippen molar-refractivity contribution in [1.82, 2.24) is 33.2 Å². The number of fused-ring (bicyclic) bond motifs is 12. The second-order valence-corrected chi connectivity index (χ2v) is 22.8. The number of benzene rings is 13. The molecule has 0 bridgehead atoms. The van der Waals surface area contributed by atoms with Crippen LogP contribution in [0.25, 0.3) is 166 Å². The van der Waals surface area contributed by atoms with Gasteiger partial charge in [-0.1, -0.05) is 206 Å². The van der Waals surface area contributed by atoms with E-state index in [4.69, 9.17) is 15.0 Å². The Hall–Kier alpha value is -11.9. The molecule has 0 spiro atoms. The molecule has 0 N–H and O–H groups in total. The highest BCUT2D eigenvalue weighted by Crippen LogP contribution is 2.43. The van der Waals surface area contributed by atoms with Gasteiger partial charge in [0.25, 0.3) is 0 Å². The van der Waals surface area contributed by atoms with Gasteiger partial charge in [0.05, 0.1) is 44.1 Å². The van der Waals surface area contributed by atoms with Gasteiger partial charge < -0.3 is 9.13 Å². The molecule has 0 aliphatic heterocycles. The lowest BCUT2D eigenvalue weighted by Crippen LogP contribution is -2.10. The van der Waals surface area contributed by atoms with E-state index >= 15 is 0 Å².